The standard InChI is InChI=1S/C9H13NO/c1-4-8-5-6(2)9(11)7(3)10-8/h5,11H,4H2,1-3H3. The van der Waals surface area contributed by atoms with E-state index in [0.29, 0.717) is 5.75 Å². The molecule has 0 radical (unpaired) electrons. The molecule has 1 N–H and O–H groups in total. The van der Waals surface area contributed by atoms with E-state index in [9.17, 15) is 5.11 Å². The third-order valence-electron chi connectivity index (χ3n) is 1.77. The fourth-order valence-electron chi connectivity index (χ4n) is 1.09. The zero-order valence-corrected chi connectivity index (χ0v) is 7.18. The molecule has 1 aromatic rings. The highest BCUT2D eigenvalue weighted by molar-refractivity contribution is 5.35. The van der Waals surface area contributed by atoms with Crippen molar-refractivity contribution in [3.63, 3.8) is 0 Å². The molecule has 60 valence electrons. The zero-order chi connectivity index (χ0) is 8.43. The molecular weight excluding hydrogens is 138 g/mol. The van der Waals surface area contributed by atoms with Crippen molar-refractivity contribution in [3.05, 3.63) is 23.0 Å². The van der Waals surface area contributed by atoms with E-state index in [1.54, 1.807) is 0 Å². The van der Waals surface area contributed by atoms with Crippen molar-refractivity contribution in [2.75, 3.05) is 0 Å². The summed E-state index contributed by atoms with van der Waals surface area (Å²) in [6, 6.07) is 1.92. The number of aromatic hydroxyl groups is 1. The molecule has 11 heavy (non-hydrogen) atoms. The first-order valence-corrected chi connectivity index (χ1v) is 3.81. The predicted octanol–water partition coefficient (Wildman–Crippen LogP) is 1.97. The van der Waals surface area contributed by atoms with Crippen LogP contribution in [0, 0.1) is 13.8 Å². The number of hydrogen-bond donors (Lipinski definition) is 1. The van der Waals surface area contributed by atoms with Crippen LogP contribution in [0.25, 0.3) is 0 Å². The molecule has 1 rings (SSSR count). The molecule has 1 aromatic heterocycles. The predicted molar refractivity (Wildman–Crippen MR) is 44.8 cm³/mol. The van der Waals surface area contributed by atoms with Gasteiger partial charge in [-0.1, -0.05) is 6.92 Å². The first-order chi connectivity index (χ1) is 5.15. The minimum atomic E-state index is 0.321. The monoisotopic (exact) mass is 151 g/mol. The lowest BCUT2D eigenvalue weighted by Crippen LogP contribution is -1.92. The summed E-state index contributed by atoms with van der Waals surface area (Å²) in [5.41, 5.74) is 2.68. The summed E-state index contributed by atoms with van der Waals surface area (Å²) in [6.45, 7) is 5.77. The van der Waals surface area contributed by atoms with E-state index >= 15 is 0 Å². The van der Waals surface area contributed by atoms with E-state index in [0.717, 1.165) is 23.4 Å². The lowest BCUT2D eigenvalue weighted by molar-refractivity contribution is 0.462. The van der Waals surface area contributed by atoms with Crippen LogP contribution >= 0.6 is 0 Å². The van der Waals surface area contributed by atoms with Crippen LogP contribution in [0.15, 0.2) is 6.07 Å². The average molecular weight is 151 g/mol. The second kappa shape index (κ2) is 2.91. The van der Waals surface area contributed by atoms with Gasteiger partial charge >= 0.3 is 0 Å². The molecule has 0 amide bonds. The number of rotatable bonds is 1. The fraction of sp³-hybridized carbons (Fsp3) is 0.444. The van der Waals surface area contributed by atoms with Crippen molar-refractivity contribution < 1.29 is 5.11 Å². The van der Waals surface area contributed by atoms with Crippen molar-refractivity contribution in [3.8, 4) is 5.75 Å². The molecule has 0 aromatic carbocycles. The van der Waals surface area contributed by atoms with Crippen LogP contribution in [0.5, 0.6) is 5.75 Å². The normalized spacial score (nSPS) is 10.1. The molecule has 1 heterocycles. The van der Waals surface area contributed by atoms with Gasteiger partial charge in [0.25, 0.3) is 0 Å². The zero-order valence-electron chi connectivity index (χ0n) is 7.18. The van der Waals surface area contributed by atoms with Crippen molar-refractivity contribution >= 4 is 0 Å². The van der Waals surface area contributed by atoms with Crippen LogP contribution in [0.1, 0.15) is 23.9 Å². The molecule has 0 spiro atoms. The SMILES string of the molecule is CCc1cc(C)c(O)c(C)n1. The molecule has 0 aliphatic carbocycles. The second-order valence-corrected chi connectivity index (χ2v) is 2.72. The van der Waals surface area contributed by atoms with Gasteiger partial charge < -0.3 is 5.11 Å². The summed E-state index contributed by atoms with van der Waals surface area (Å²) in [5, 5.41) is 9.36. The Morgan fingerprint density at radius 2 is 2.09 bits per heavy atom. The van der Waals surface area contributed by atoms with Crippen molar-refractivity contribution in [2.45, 2.75) is 27.2 Å². The molecule has 0 saturated heterocycles. The smallest absolute Gasteiger partial charge is 0.139 e. The number of pyridine rings is 1. The maximum absolute atomic E-state index is 9.36. The van der Waals surface area contributed by atoms with Crippen LogP contribution in [-0.4, -0.2) is 10.1 Å². The molecule has 2 heteroatoms. The van der Waals surface area contributed by atoms with Crippen LogP contribution in [0.3, 0.4) is 0 Å². The Morgan fingerprint density at radius 1 is 1.45 bits per heavy atom. The Labute approximate surface area is 66.9 Å². The Bertz CT molecular complexity index is 245. The summed E-state index contributed by atoms with van der Waals surface area (Å²) >= 11 is 0. The number of aromatic nitrogens is 1. The largest absolute Gasteiger partial charge is 0.506 e. The summed E-state index contributed by atoms with van der Waals surface area (Å²) in [5.74, 6) is 0.321. The van der Waals surface area contributed by atoms with Gasteiger partial charge in [0, 0.05) is 5.69 Å². The average Bonchev–Trinajstić information content (AvgIpc) is 1.99. The van der Waals surface area contributed by atoms with Gasteiger partial charge in [-0.2, -0.15) is 0 Å². The summed E-state index contributed by atoms with van der Waals surface area (Å²) in [6.07, 6.45) is 0.919. The first kappa shape index (κ1) is 8.05. The van der Waals surface area contributed by atoms with E-state index < -0.39 is 0 Å². The lowest BCUT2D eigenvalue weighted by atomic mass is 10.1. The minimum absolute atomic E-state index is 0.321. The van der Waals surface area contributed by atoms with Crippen molar-refractivity contribution in [2.24, 2.45) is 0 Å². The molecule has 0 fully saturated rings. The number of hydrogen-bond acceptors (Lipinski definition) is 2. The van der Waals surface area contributed by atoms with Crippen LogP contribution < -0.4 is 0 Å². The van der Waals surface area contributed by atoms with Gasteiger partial charge in [-0.15, -0.1) is 0 Å². The highest BCUT2D eigenvalue weighted by Gasteiger charge is 2.02. The van der Waals surface area contributed by atoms with E-state index in [-0.39, 0.29) is 0 Å². The fourth-order valence-corrected chi connectivity index (χ4v) is 1.09. The minimum Gasteiger partial charge on any atom is -0.506 e. The van der Waals surface area contributed by atoms with Gasteiger partial charge in [0.05, 0.1) is 5.69 Å². The Balaban J connectivity index is 3.21. The van der Waals surface area contributed by atoms with Gasteiger partial charge in [0.1, 0.15) is 5.75 Å². The summed E-state index contributed by atoms with van der Waals surface area (Å²) < 4.78 is 0. The summed E-state index contributed by atoms with van der Waals surface area (Å²) in [7, 11) is 0. The van der Waals surface area contributed by atoms with Crippen LogP contribution in [0.4, 0.5) is 0 Å². The topological polar surface area (TPSA) is 33.1 Å². The van der Waals surface area contributed by atoms with E-state index in [1.165, 1.54) is 0 Å². The van der Waals surface area contributed by atoms with E-state index in [4.69, 9.17) is 0 Å². The third-order valence-corrected chi connectivity index (χ3v) is 1.77. The van der Waals surface area contributed by atoms with Crippen molar-refractivity contribution in [1.29, 1.82) is 0 Å². The Hall–Kier alpha value is -1.05. The Kier molecular flexibility index (Phi) is 2.13. The molecule has 0 unspecified atom stereocenters. The molecule has 0 atom stereocenters. The van der Waals surface area contributed by atoms with E-state index in [1.807, 2.05) is 19.9 Å². The van der Waals surface area contributed by atoms with E-state index in [2.05, 4.69) is 11.9 Å². The quantitative estimate of drug-likeness (QED) is 0.665. The number of nitrogens with zero attached hydrogens (tertiary/aromatic N) is 1. The van der Waals surface area contributed by atoms with Gasteiger partial charge in [-0.25, -0.2) is 0 Å². The second-order valence-electron chi connectivity index (χ2n) is 2.72. The Morgan fingerprint density at radius 3 is 2.55 bits per heavy atom. The molecule has 2 nitrogen and oxygen atoms in total. The summed E-state index contributed by atoms with van der Waals surface area (Å²) in [4.78, 5) is 4.20. The molecule has 0 bridgehead atoms. The molecule has 0 aliphatic rings. The maximum atomic E-state index is 9.36. The number of aryl methyl sites for hydroxylation is 3. The lowest BCUT2D eigenvalue weighted by Gasteiger charge is -2.04. The highest BCUT2D eigenvalue weighted by Crippen LogP contribution is 2.19. The van der Waals surface area contributed by atoms with Gasteiger partial charge in [-0.3, -0.25) is 4.98 Å². The highest BCUT2D eigenvalue weighted by atomic mass is 16.3. The van der Waals surface area contributed by atoms with Gasteiger partial charge in [0.15, 0.2) is 0 Å². The van der Waals surface area contributed by atoms with Gasteiger partial charge in [0.2, 0.25) is 0 Å². The molecule has 0 aliphatic heterocycles. The van der Waals surface area contributed by atoms with Crippen molar-refractivity contribution in [1.82, 2.24) is 4.98 Å². The maximum Gasteiger partial charge on any atom is 0.139 e. The van der Waals surface area contributed by atoms with Crippen LogP contribution in [0.2, 0.25) is 0 Å². The molecule has 0 saturated carbocycles. The third kappa shape index (κ3) is 1.50. The first-order valence-electron chi connectivity index (χ1n) is 3.81. The van der Waals surface area contributed by atoms with Gasteiger partial charge in [-0.05, 0) is 31.9 Å². The molecular formula is C9H13NO. The van der Waals surface area contributed by atoms with Crippen LogP contribution in [-0.2, 0) is 6.42 Å².